The van der Waals surface area contributed by atoms with E-state index in [0.717, 1.165) is 23.8 Å². The van der Waals surface area contributed by atoms with Gasteiger partial charge in [0.15, 0.2) is 22.5 Å². The Kier molecular flexibility index (Phi) is 16.3. The molecule has 1 atom stereocenters. The van der Waals surface area contributed by atoms with Crippen LogP contribution in [0.2, 0.25) is 0 Å². The standard InChI is InChI=1S/C26H29FN4O5.C20H22N2O3S2/c1-4-19(16-34-3)35-20-12-18(25(32)28-24-8-11-30(2)29-24)13-21(15-20)36-23-7-6-17(14-22(23)27)26(33)31-9-5-10-31;1-13(2)25-18-9-16(19(23)22-20-21-11-14(3)27-20)8-17(10-18)24-6-4-15-5-7-26-12-15/h6-8,11-15,19H,4-5,9-10,16H2,1-3H3,(H,28,29,32);5,7-13H,4,6H2,1-3H3,(H,21,22,23)/t19-;/m0./s1. The van der Waals surface area contributed by atoms with Crippen LogP contribution in [-0.4, -0.2) is 83.0 Å². The zero-order chi connectivity index (χ0) is 44.9. The minimum absolute atomic E-state index is 0.00331. The second kappa shape index (κ2) is 22.2. The number of methoxy groups -OCH3 is 1. The highest BCUT2D eigenvalue weighted by molar-refractivity contribution is 7.15. The topological polar surface area (TPSA) is 155 Å². The summed E-state index contributed by atoms with van der Waals surface area (Å²) in [7, 11) is 3.32. The van der Waals surface area contributed by atoms with Gasteiger partial charge in [0.1, 0.15) is 29.1 Å². The first kappa shape index (κ1) is 46.2. The summed E-state index contributed by atoms with van der Waals surface area (Å²) in [6.07, 6.45) is 5.64. The Hall–Kier alpha value is -6.30. The number of aromatic nitrogens is 3. The average Bonchev–Trinajstić information content (AvgIpc) is 4.00. The number of benzene rings is 3. The van der Waals surface area contributed by atoms with Gasteiger partial charge >= 0.3 is 0 Å². The highest BCUT2D eigenvalue weighted by Crippen LogP contribution is 2.32. The van der Waals surface area contributed by atoms with Crippen molar-refractivity contribution in [3.05, 3.63) is 123 Å². The van der Waals surface area contributed by atoms with E-state index < -0.39 is 11.7 Å². The minimum Gasteiger partial charge on any atom is -0.493 e. The van der Waals surface area contributed by atoms with E-state index in [1.165, 1.54) is 35.1 Å². The Labute approximate surface area is 373 Å². The number of nitrogens with zero attached hydrogens (tertiary/aromatic N) is 4. The predicted octanol–water partition coefficient (Wildman–Crippen LogP) is 9.43. The van der Waals surface area contributed by atoms with Crippen LogP contribution in [0.5, 0.6) is 28.7 Å². The van der Waals surface area contributed by atoms with Gasteiger partial charge in [-0.05, 0) is 98.5 Å². The summed E-state index contributed by atoms with van der Waals surface area (Å²) in [6.45, 7) is 10.0. The molecule has 0 spiro atoms. The number of carbonyl (C=O) groups is 3. The molecule has 0 saturated carbocycles. The average molecular weight is 899 g/mol. The Morgan fingerprint density at radius 1 is 0.889 bits per heavy atom. The van der Waals surface area contributed by atoms with E-state index in [2.05, 4.69) is 37.5 Å². The number of nitrogens with one attached hydrogen (secondary N) is 2. The monoisotopic (exact) mass is 898 g/mol. The fraction of sp³-hybridized carbons (Fsp3) is 0.326. The zero-order valence-corrected chi connectivity index (χ0v) is 37.6. The maximum Gasteiger partial charge on any atom is 0.257 e. The van der Waals surface area contributed by atoms with Gasteiger partial charge in [0.25, 0.3) is 17.7 Å². The summed E-state index contributed by atoms with van der Waals surface area (Å²) in [5.74, 6) is 0.544. The van der Waals surface area contributed by atoms with Crippen molar-refractivity contribution in [2.75, 3.05) is 44.0 Å². The Balaban J connectivity index is 0.000000219. The molecule has 3 amide bonds. The van der Waals surface area contributed by atoms with Gasteiger partial charge in [0, 0.05) is 85.8 Å². The Bertz CT molecular complexity index is 2470. The van der Waals surface area contributed by atoms with E-state index in [4.69, 9.17) is 23.7 Å². The summed E-state index contributed by atoms with van der Waals surface area (Å²) in [5, 5.41) is 14.4. The summed E-state index contributed by atoms with van der Waals surface area (Å²) in [6, 6.07) is 17.8. The number of thiazole rings is 1. The van der Waals surface area contributed by atoms with E-state index in [1.807, 2.05) is 33.8 Å². The Morgan fingerprint density at radius 2 is 1.60 bits per heavy atom. The summed E-state index contributed by atoms with van der Waals surface area (Å²) in [5.41, 5.74) is 2.22. The molecule has 6 aromatic rings. The van der Waals surface area contributed by atoms with Crippen LogP contribution in [0, 0.1) is 12.7 Å². The SMILES string of the molecule is CC[C@@H](COC)Oc1cc(Oc2ccc(C(=O)N3CCC3)cc2F)cc(C(=O)Nc2ccn(C)n2)c1.Cc1cnc(NC(=O)c2cc(OCCc3ccsc3)cc(OC(C)C)c2)s1. The van der Waals surface area contributed by atoms with Gasteiger partial charge in [-0.2, -0.15) is 16.4 Å². The number of carbonyl (C=O) groups excluding carboxylic acids is 3. The Morgan fingerprint density at radius 3 is 2.21 bits per heavy atom. The van der Waals surface area contributed by atoms with Crippen LogP contribution in [0.3, 0.4) is 0 Å². The number of halogens is 1. The number of hydrogen-bond acceptors (Lipinski definition) is 12. The largest absolute Gasteiger partial charge is 0.493 e. The van der Waals surface area contributed by atoms with Crippen LogP contribution in [0.15, 0.2) is 89.9 Å². The van der Waals surface area contributed by atoms with Crippen molar-refractivity contribution >= 4 is 51.3 Å². The van der Waals surface area contributed by atoms with Crippen molar-refractivity contribution < 1.29 is 42.5 Å². The van der Waals surface area contributed by atoms with E-state index >= 15 is 0 Å². The highest BCUT2D eigenvalue weighted by Gasteiger charge is 2.23. The third-order valence-corrected chi connectivity index (χ3v) is 10.9. The molecule has 14 nitrogen and oxygen atoms in total. The highest BCUT2D eigenvalue weighted by atomic mass is 32.1. The molecule has 63 heavy (non-hydrogen) atoms. The van der Waals surface area contributed by atoms with Crippen LogP contribution in [0.25, 0.3) is 0 Å². The number of ether oxygens (including phenoxy) is 5. The fourth-order valence-corrected chi connectivity index (χ4v) is 7.45. The van der Waals surface area contributed by atoms with E-state index in [0.29, 0.717) is 66.5 Å². The molecule has 0 aliphatic carbocycles. The molecular formula is C46H51FN6O8S2. The summed E-state index contributed by atoms with van der Waals surface area (Å²) in [4.78, 5) is 44.8. The maximum atomic E-state index is 14.9. The maximum absolute atomic E-state index is 14.9. The molecule has 3 aromatic heterocycles. The molecule has 1 aliphatic rings. The lowest BCUT2D eigenvalue weighted by molar-refractivity contribution is 0.0651. The number of anilines is 2. The van der Waals surface area contributed by atoms with Crippen molar-refractivity contribution in [1.29, 1.82) is 0 Å². The molecule has 0 unspecified atom stereocenters. The molecule has 7 rings (SSSR count). The van der Waals surface area contributed by atoms with E-state index in [-0.39, 0.29) is 46.6 Å². The van der Waals surface area contributed by atoms with Crippen molar-refractivity contribution in [2.24, 2.45) is 7.05 Å². The van der Waals surface area contributed by atoms with Gasteiger partial charge < -0.3 is 33.9 Å². The van der Waals surface area contributed by atoms with Gasteiger partial charge in [-0.25, -0.2) is 9.37 Å². The predicted molar refractivity (Wildman–Crippen MR) is 242 cm³/mol. The van der Waals surface area contributed by atoms with E-state index in [1.54, 1.807) is 77.8 Å². The summed E-state index contributed by atoms with van der Waals surface area (Å²) < 4.78 is 45.1. The fourth-order valence-electron chi connectivity index (χ4n) is 6.09. The molecular weight excluding hydrogens is 848 g/mol. The van der Waals surface area contributed by atoms with Crippen LogP contribution < -0.4 is 29.6 Å². The van der Waals surface area contributed by atoms with Crippen molar-refractivity contribution in [3.8, 4) is 28.7 Å². The molecule has 0 radical (unpaired) electrons. The lowest BCUT2D eigenvalue weighted by Gasteiger charge is -2.30. The molecule has 0 bridgehead atoms. The molecule has 1 saturated heterocycles. The minimum atomic E-state index is -0.682. The normalized spacial score (nSPS) is 12.4. The third kappa shape index (κ3) is 13.6. The molecule has 332 valence electrons. The lowest BCUT2D eigenvalue weighted by Crippen LogP contribution is -2.42. The zero-order valence-electron chi connectivity index (χ0n) is 36.0. The molecule has 17 heteroatoms. The first-order valence-corrected chi connectivity index (χ1v) is 22.2. The molecule has 1 fully saturated rings. The van der Waals surface area contributed by atoms with Crippen molar-refractivity contribution in [2.45, 2.75) is 59.2 Å². The second-order valence-corrected chi connectivity index (χ2v) is 16.9. The molecule has 2 N–H and O–H groups in total. The smallest absolute Gasteiger partial charge is 0.257 e. The van der Waals surface area contributed by atoms with Gasteiger partial charge in [-0.3, -0.25) is 24.4 Å². The first-order chi connectivity index (χ1) is 30.3. The van der Waals surface area contributed by atoms with Gasteiger partial charge in [-0.1, -0.05) is 6.92 Å². The van der Waals surface area contributed by atoms with Crippen LogP contribution in [0.1, 0.15) is 75.1 Å². The quantitative estimate of drug-likeness (QED) is 0.0853. The summed E-state index contributed by atoms with van der Waals surface area (Å²) >= 11 is 3.11. The molecule has 4 heterocycles. The van der Waals surface area contributed by atoms with Gasteiger partial charge in [-0.15, -0.1) is 11.3 Å². The van der Waals surface area contributed by atoms with Crippen molar-refractivity contribution in [3.63, 3.8) is 0 Å². The molecule has 1 aliphatic heterocycles. The van der Waals surface area contributed by atoms with Crippen LogP contribution in [-0.2, 0) is 18.2 Å². The molecule has 3 aromatic carbocycles. The first-order valence-electron chi connectivity index (χ1n) is 20.4. The van der Waals surface area contributed by atoms with Crippen LogP contribution >= 0.6 is 22.7 Å². The third-order valence-electron chi connectivity index (χ3n) is 9.35. The number of thiophene rings is 1. The van der Waals surface area contributed by atoms with E-state index in [9.17, 15) is 18.8 Å². The van der Waals surface area contributed by atoms with Crippen molar-refractivity contribution in [1.82, 2.24) is 19.7 Å². The number of likely N-dealkylation sites (tertiary alicyclic amines) is 1. The number of rotatable bonds is 18. The second-order valence-electron chi connectivity index (χ2n) is 14.8. The van der Waals surface area contributed by atoms with Gasteiger partial charge in [0.05, 0.1) is 19.3 Å². The van der Waals surface area contributed by atoms with Gasteiger partial charge in [0.2, 0.25) is 0 Å². The number of hydrogen-bond donors (Lipinski definition) is 2. The lowest BCUT2D eigenvalue weighted by atomic mass is 10.1. The van der Waals surface area contributed by atoms with Crippen LogP contribution in [0.4, 0.5) is 15.3 Å². The number of amides is 3. The number of aryl methyl sites for hydroxylation is 2.